The summed E-state index contributed by atoms with van der Waals surface area (Å²) in [6.45, 7) is 0.629. The van der Waals surface area contributed by atoms with E-state index < -0.39 is 0 Å². The molecule has 3 aromatic carbocycles. The van der Waals surface area contributed by atoms with Gasteiger partial charge >= 0.3 is 0 Å². The van der Waals surface area contributed by atoms with Crippen molar-refractivity contribution in [3.05, 3.63) is 108 Å². The highest BCUT2D eigenvalue weighted by Gasteiger charge is 2.06. The van der Waals surface area contributed by atoms with E-state index in [0.717, 1.165) is 24.1 Å². The number of amides is 1. The number of halogens is 1. The SMILES string of the molecule is O=C(NCCCc1ccccc1)c1ccc(Nc2ccc(-c3ccc(F)cc3)nn2)cc1. The van der Waals surface area contributed by atoms with Crippen molar-refractivity contribution >= 4 is 17.4 Å². The molecule has 0 bridgehead atoms. The molecule has 0 atom stereocenters. The van der Waals surface area contributed by atoms with Crippen LogP contribution in [0.25, 0.3) is 11.3 Å². The zero-order chi connectivity index (χ0) is 22.2. The van der Waals surface area contributed by atoms with E-state index in [0.29, 0.717) is 23.6 Å². The molecular formula is C26H23FN4O. The van der Waals surface area contributed by atoms with E-state index in [1.54, 1.807) is 30.3 Å². The average molecular weight is 426 g/mol. The van der Waals surface area contributed by atoms with Crippen LogP contribution in [0.3, 0.4) is 0 Å². The highest BCUT2D eigenvalue weighted by atomic mass is 19.1. The maximum Gasteiger partial charge on any atom is 0.251 e. The van der Waals surface area contributed by atoms with E-state index in [4.69, 9.17) is 0 Å². The van der Waals surface area contributed by atoms with E-state index in [1.807, 2.05) is 36.4 Å². The number of hydrogen-bond acceptors (Lipinski definition) is 4. The molecule has 32 heavy (non-hydrogen) atoms. The van der Waals surface area contributed by atoms with Gasteiger partial charge in [-0.2, -0.15) is 0 Å². The smallest absolute Gasteiger partial charge is 0.251 e. The minimum Gasteiger partial charge on any atom is -0.352 e. The summed E-state index contributed by atoms with van der Waals surface area (Å²) in [6, 6.07) is 27.2. The van der Waals surface area contributed by atoms with Crippen molar-refractivity contribution in [3.8, 4) is 11.3 Å². The summed E-state index contributed by atoms with van der Waals surface area (Å²) in [4.78, 5) is 12.3. The van der Waals surface area contributed by atoms with Crippen molar-refractivity contribution in [3.63, 3.8) is 0 Å². The zero-order valence-corrected chi connectivity index (χ0v) is 17.5. The van der Waals surface area contributed by atoms with Gasteiger partial charge in [-0.05, 0) is 79.1 Å². The second kappa shape index (κ2) is 10.3. The molecule has 0 unspecified atom stereocenters. The van der Waals surface area contributed by atoms with Crippen molar-refractivity contribution < 1.29 is 9.18 Å². The third-order valence-electron chi connectivity index (χ3n) is 4.99. The maximum absolute atomic E-state index is 13.1. The van der Waals surface area contributed by atoms with Crippen molar-refractivity contribution in [2.24, 2.45) is 0 Å². The van der Waals surface area contributed by atoms with Crippen LogP contribution in [-0.2, 0) is 6.42 Å². The molecule has 2 N–H and O–H groups in total. The Kier molecular flexibility index (Phi) is 6.82. The van der Waals surface area contributed by atoms with Gasteiger partial charge in [-0.25, -0.2) is 4.39 Å². The first kappa shape index (κ1) is 21.2. The fourth-order valence-corrected chi connectivity index (χ4v) is 3.27. The van der Waals surface area contributed by atoms with E-state index in [1.165, 1.54) is 17.7 Å². The van der Waals surface area contributed by atoms with Gasteiger partial charge in [0.1, 0.15) is 5.82 Å². The molecular weight excluding hydrogens is 403 g/mol. The molecule has 0 fully saturated rings. The lowest BCUT2D eigenvalue weighted by Crippen LogP contribution is -2.24. The van der Waals surface area contributed by atoms with E-state index in [9.17, 15) is 9.18 Å². The summed E-state index contributed by atoms with van der Waals surface area (Å²) in [5, 5.41) is 14.5. The Morgan fingerprint density at radius 2 is 1.56 bits per heavy atom. The van der Waals surface area contributed by atoms with E-state index in [-0.39, 0.29) is 11.7 Å². The Balaban J connectivity index is 1.27. The number of nitrogens with zero attached hydrogens (tertiary/aromatic N) is 2. The molecule has 1 aromatic heterocycles. The molecule has 160 valence electrons. The molecule has 0 saturated carbocycles. The van der Waals surface area contributed by atoms with Gasteiger partial charge in [0.05, 0.1) is 5.69 Å². The number of rotatable bonds is 8. The number of hydrogen-bond donors (Lipinski definition) is 2. The molecule has 0 radical (unpaired) electrons. The Morgan fingerprint density at radius 3 is 2.25 bits per heavy atom. The molecule has 0 aliphatic heterocycles. The van der Waals surface area contributed by atoms with Gasteiger partial charge in [0.25, 0.3) is 5.91 Å². The number of carbonyl (C=O) groups is 1. The molecule has 0 aliphatic rings. The fraction of sp³-hybridized carbons (Fsp3) is 0.115. The van der Waals surface area contributed by atoms with Gasteiger partial charge in [-0.1, -0.05) is 30.3 Å². The molecule has 0 aliphatic carbocycles. The number of benzene rings is 3. The number of carbonyl (C=O) groups excluding carboxylic acids is 1. The van der Waals surface area contributed by atoms with Crippen molar-refractivity contribution in [1.82, 2.24) is 15.5 Å². The molecule has 4 aromatic rings. The largest absolute Gasteiger partial charge is 0.352 e. The lowest BCUT2D eigenvalue weighted by atomic mass is 10.1. The average Bonchev–Trinajstić information content (AvgIpc) is 2.84. The lowest BCUT2D eigenvalue weighted by Gasteiger charge is -2.08. The van der Waals surface area contributed by atoms with Gasteiger partial charge in [0.2, 0.25) is 0 Å². The number of aryl methyl sites for hydroxylation is 1. The Morgan fingerprint density at radius 1 is 0.812 bits per heavy atom. The van der Waals surface area contributed by atoms with Gasteiger partial charge < -0.3 is 10.6 Å². The van der Waals surface area contributed by atoms with Gasteiger partial charge in [0.15, 0.2) is 5.82 Å². The molecule has 5 nitrogen and oxygen atoms in total. The van der Waals surface area contributed by atoms with Crippen molar-refractivity contribution in [2.45, 2.75) is 12.8 Å². The topological polar surface area (TPSA) is 66.9 Å². The van der Waals surface area contributed by atoms with Crippen LogP contribution in [0.1, 0.15) is 22.3 Å². The Bertz CT molecular complexity index is 1150. The van der Waals surface area contributed by atoms with E-state index >= 15 is 0 Å². The van der Waals surface area contributed by atoms with Crippen LogP contribution in [-0.4, -0.2) is 22.6 Å². The molecule has 1 heterocycles. The summed E-state index contributed by atoms with van der Waals surface area (Å²) in [6.07, 6.45) is 1.83. The molecule has 4 rings (SSSR count). The quantitative estimate of drug-likeness (QED) is 0.371. The maximum atomic E-state index is 13.1. The first-order chi connectivity index (χ1) is 15.7. The monoisotopic (exact) mass is 426 g/mol. The highest BCUT2D eigenvalue weighted by Crippen LogP contribution is 2.19. The normalized spacial score (nSPS) is 10.5. The first-order valence-electron chi connectivity index (χ1n) is 10.5. The third-order valence-corrected chi connectivity index (χ3v) is 4.99. The summed E-state index contributed by atoms with van der Waals surface area (Å²) >= 11 is 0. The van der Waals surface area contributed by atoms with Gasteiger partial charge in [0, 0.05) is 23.4 Å². The van der Waals surface area contributed by atoms with Crippen LogP contribution in [0.4, 0.5) is 15.9 Å². The van der Waals surface area contributed by atoms with Crippen LogP contribution in [0.5, 0.6) is 0 Å². The lowest BCUT2D eigenvalue weighted by molar-refractivity contribution is 0.0953. The number of nitrogens with one attached hydrogen (secondary N) is 2. The summed E-state index contributed by atoms with van der Waals surface area (Å²) < 4.78 is 13.1. The van der Waals surface area contributed by atoms with Crippen LogP contribution < -0.4 is 10.6 Å². The molecule has 1 amide bonds. The Hall–Kier alpha value is -4.06. The molecule has 0 saturated heterocycles. The minimum absolute atomic E-state index is 0.0898. The standard InChI is InChI=1S/C26H23FN4O/c27-22-12-8-20(9-13-22)24-16-17-25(31-30-24)29-23-14-10-21(11-15-23)26(32)28-18-4-7-19-5-2-1-3-6-19/h1-3,5-6,8-17H,4,7,18H2,(H,28,32)(H,29,31). The van der Waals surface area contributed by atoms with E-state index in [2.05, 4.69) is 33.0 Å². The minimum atomic E-state index is -0.288. The molecule has 6 heteroatoms. The van der Waals surface area contributed by atoms with Crippen LogP contribution in [0.15, 0.2) is 91.0 Å². The second-order valence-electron chi connectivity index (χ2n) is 7.36. The third kappa shape index (κ3) is 5.76. The first-order valence-corrected chi connectivity index (χ1v) is 10.5. The van der Waals surface area contributed by atoms with Crippen molar-refractivity contribution in [2.75, 3.05) is 11.9 Å². The Labute approximate surface area is 186 Å². The summed E-state index contributed by atoms with van der Waals surface area (Å²) in [5.74, 6) is 0.200. The highest BCUT2D eigenvalue weighted by molar-refractivity contribution is 5.94. The van der Waals surface area contributed by atoms with Crippen LogP contribution >= 0.6 is 0 Å². The second-order valence-corrected chi connectivity index (χ2v) is 7.36. The van der Waals surface area contributed by atoms with Crippen LogP contribution in [0, 0.1) is 5.82 Å². The summed E-state index contributed by atoms with van der Waals surface area (Å²) in [7, 11) is 0. The van der Waals surface area contributed by atoms with Gasteiger partial charge in [-0.15, -0.1) is 10.2 Å². The number of anilines is 2. The predicted molar refractivity (Wildman–Crippen MR) is 124 cm³/mol. The molecule has 0 spiro atoms. The summed E-state index contributed by atoms with van der Waals surface area (Å²) in [5.41, 5.74) is 4.13. The predicted octanol–water partition coefficient (Wildman–Crippen LogP) is 5.39. The number of aromatic nitrogens is 2. The fourth-order valence-electron chi connectivity index (χ4n) is 3.27. The zero-order valence-electron chi connectivity index (χ0n) is 17.5. The van der Waals surface area contributed by atoms with Gasteiger partial charge in [-0.3, -0.25) is 4.79 Å². The van der Waals surface area contributed by atoms with Crippen LogP contribution in [0.2, 0.25) is 0 Å². The van der Waals surface area contributed by atoms with Crippen molar-refractivity contribution in [1.29, 1.82) is 0 Å².